The van der Waals surface area contributed by atoms with Crippen LogP contribution in [0.15, 0.2) is 66.7 Å². The van der Waals surface area contributed by atoms with E-state index in [1.807, 2.05) is 6.07 Å². The maximum absolute atomic E-state index is 15.1. The lowest BCUT2D eigenvalue weighted by molar-refractivity contribution is -0.0274. The van der Waals surface area contributed by atoms with Crippen LogP contribution >= 0.6 is 0 Å². The highest BCUT2D eigenvalue weighted by Gasteiger charge is 2.53. The van der Waals surface area contributed by atoms with Gasteiger partial charge in [-0.05, 0) is 98.2 Å². The minimum atomic E-state index is -2.01. The standard InChI is InChI=1S/C36H40N2O10/c1-44-22-46-28-15-13-24(14-16-28)33(40)37-31-21-38(35(42)43)18-8-17-36(31,48-34(41)25-9-4-3-5-10-25)32(39)29-19-26-11-6-7-12-27(26)20-30(29)47-23-45-2/h3-5,9-10,13-16,19-20,31H,6-8,11-12,17-18,21-23H2,1-2H3,(H,37,40)(H,42,43)/t31-,36-/m1/s1. The SMILES string of the molecule is COCOc1ccc(C(=O)N[C@@H]2CN(C(=O)O)CCC[C@]2(OC(=O)c2ccccc2)C(=O)c2cc3c(cc2OCOC)CCCC3)cc1. The number of fused-ring (bicyclic) bond motifs is 1. The molecule has 0 bridgehead atoms. The number of hydrogen-bond donors (Lipinski definition) is 2. The minimum absolute atomic E-state index is 0.0226. The molecule has 1 heterocycles. The number of carbonyl (C=O) groups excluding carboxylic acids is 3. The summed E-state index contributed by atoms with van der Waals surface area (Å²) in [4.78, 5) is 56.2. The molecule has 1 saturated heterocycles. The molecule has 12 nitrogen and oxygen atoms in total. The largest absolute Gasteiger partial charge is 0.468 e. The molecule has 48 heavy (non-hydrogen) atoms. The molecule has 0 saturated carbocycles. The molecule has 1 aliphatic heterocycles. The van der Waals surface area contributed by atoms with Crippen molar-refractivity contribution < 1.29 is 48.0 Å². The predicted octanol–water partition coefficient (Wildman–Crippen LogP) is 4.88. The second kappa shape index (κ2) is 15.8. The molecule has 2 aliphatic rings. The number of carbonyl (C=O) groups is 4. The Morgan fingerprint density at radius 1 is 0.854 bits per heavy atom. The normalized spacial score (nSPS) is 19.0. The molecule has 0 aromatic heterocycles. The average molecular weight is 661 g/mol. The van der Waals surface area contributed by atoms with Crippen LogP contribution in [-0.2, 0) is 27.1 Å². The lowest BCUT2D eigenvalue weighted by atomic mass is 9.80. The molecule has 0 unspecified atom stereocenters. The number of ether oxygens (including phenoxy) is 5. The number of aryl methyl sites for hydroxylation is 2. The van der Waals surface area contributed by atoms with Crippen LogP contribution in [0.25, 0.3) is 0 Å². The zero-order valence-electron chi connectivity index (χ0n) is 27.1. The quantitative estimate of drug-likeness (QED) is 0.156. The van der Waals surface area contributed by atoms with Gasteiger partial charge in [0.1, 0.15) is 11.5 Å². The van der Waals surface area contributed by atoms with Crippen molar-refractivity contribution in [2.75, 3.05) is 40.9 Å². The van der Waals surface area contributed by atoms with Gasteiger partial charge in [0.15, 0.2) is 19.2 Å². The summed E-state index contributed by atoms with van der Waals surface area (Å²) in [5.41, 5.74) is 0.608. The van der Waals surface area contributed by atoms with Crippen LogP contribution in [-0.4, -0.2) is 86.3 Å². The Balaban J connectivity index is 1.61. The van der Waals surface area contributed by atoms with Gasteiger partial charge in [0.25, 0.3) is 5.91 Å². The highest BCUT2D eigenvalue weighted by Crippen LogP contribution is 2.38. The molecule has 0 spiro atoms. The van der Waals surface area contributed by atoms with Crippen molar-refractivity contribution in [1.29, 1.82) is 0 Å². The predicted molar refractivity (Wildman–Crippen MR) is 174 cm³/mol. The third-order valence-corrected chi connectivity index (χ3v) is 8.67. The Morgan fingerprint density at radius 2 is 1.52 bits per heavy atom. The van der Waals surface area contributed by atoms with Crippen molar-refractivity contribution in [2.24, 2.45) is 0 Å². The third-order valence-electron chi connectivity index (χ3n) is 8.67. The van der Waals surface area contributed by atoms with Crippen LogP contribution < -0.4 is 14.8 Å². The van der Waals surface area contributed by atoms with Crippen LogP contribution in [0.1, 0.15) is 67.9 Å². The van der Waals surface area contributed by atoms with E-state index in [-0.39, 0.29) is 62.0 Å². The number of nitrogens with one attached hydrogen (secondary N) is 1. The number of Topliss-reactive ketones (excluding diaryl/α,β-unsaturated/α-hetero) is 1. The number of carboxylic acid groups (broad SMARTS) is 1. The van der Waals surface area contributed by atoms with E-state index in [9.17, 15) is 19.5 Å². The number of methoxy groups -OCH3 is 2. The van der Waals surface area contributed by atoms with E-state index in [1.165, 1.54) is 26.4 Å². The Bertz CT molecular complexity index is 1610. The summed E-state index contributed by atoms with van der Waals surface area (Å²) in [7, 11) is 2.96. The molecule has 0 radical (unpaired) electrons. The van der Waals surface area contributed by atoms with Crippen molar-refractivity contribution in [1.82, 2.24) is 10.2 Å². The van der Waals surface area contributed by atoms with Crippen LogP contribution in [0.2, 0.25) is 0 Å². The van der Waals surface area contributed by atoms with Gasteiger partial charge in [-0.2, -0.15) is 0 Å². The van der Waals surface area contributed by atoms with Crippen molar-refractivity contribution in [2.45, 2.75) is 50.2 Å². The lowest BCUT2D eigenvalue weighted by Crippen LogP contribution is -2.62. The fraction of sp³-hybridized carbons (Fsp3) is 0.389. The Labute approximate surface area is 278 Å². The number of nitrogens with zero attached hydrogens (tertiary/aromatic N) is 1. The van der Waals surface area contributed by atoms with E-state index < -0.39 is 35.4 Å². The van der Waals surface area contributed by atoms with Gasteiger partial charge in [0.05, 0.1) is 17.2 Å². The second-order valence-electron chi connectivity index (χ2n) is 11.8. The van der Waals surface area contributed by atoms with Crippen LogP contribution in [0, 0.1) is 0 Å². The molecular weight excluding hydrogens is 620 g/mol. The fourth-order valence-electron chi connectivity index (χ4n) is 6.22. The zero-order valence-corrected chi connectivity index (χ0v) is 27.1. The zero-order chi connectivity index (χ0) is 34.1. The third kappa shape index (κ3) is 7.77. The fourth-order valence-corrected chi connectivity index (χ4v) is 6.22. The molecular formula is C36H40N2O10. The van der Waals surface area contributed by atoms with Gasteiger partial charge in [0, 0.05) is 32.9 Å². The smallest absolute Gasteiger partial charge is 0.407 e. The monoisotopic (exact) mass is 660 g/mol. The Kier molecular flexibility index (Phi) is 11.3. The molecule has 3 aromatic carbocycles. The molecule has 3 aromatic rings. The summed E-state index contributed by atoms with van der Waals surface area (Å²) in [6, 6.07) is 16.8. The summed E-state index contributed by atoms with van der Waals surface area (Å²) in [6.07, 6.45) is 2.41. The first-order valence-electron chi connectivity index (χ1n) is 15.9. The maximum atomic E-state index is 15.1. The number of likely N-dealkylation sites (tertiary alicyclic amines) is 1. The number of amides is 2. The first-order valence-corrected chi connectivity index (χ1v) is 15.9. The van der Waals surface area contributed by atoms with Crippen molar-refractivity contribution in [3.05, 3.63) is 94.5 Å². The Morgan fingerprint density at radius 3 is 2.19 bits per heavy atom. The van der Waals surface area contributed by atoms with Gasteiger partial charge in [-0.3, -0.25) is 9.59 Å². The molecule has 12 heteroatoms. The summed E-state index contributed by atoms with van der Waals surface area (Å²) < 4.78 is 27.7. The second-order valence-corrected chi connectivity index (χ2v) is 11.8. The summed E-state index contributed by atoms with van der Waals surface area (Å²) in [6.45, 7) is -0.368. The highest BCUT2D eigenvalue weighted by molar-refractivity contribution is 6.08. The van der Waals surface area contributed by atoms with Crippen molar-refractivity contribution in [3.8, 4) is 11.5 Å². The number of benzene rings is 3. The van der Waals surface area contributed by atoms with E-state index in [0.29, 0.717) is 5.75 Å². The molecule has 5 rings (SSSR count). The van der Waals surface area contributed by atoms with Crippen LogP contribution in [0.3, 0.4) is 0 Å². The van der Waals surface area contributed by atoms with E-state index in [0.717, 1.165) is 41.7 Å². The molecule has 1 fully saturated rings. The maximum Gasteiger partial charge on any atom is 0.407 e. The summed E-state index contributed by atoms with van der Waals surface area (Å²) in [5, 5.41) is 12.9. The van der Waals surface area contributed by atoms with Gasteiger partial charge in [-0.15, -0.1) is 0 Å². The highest BCUT2D eigenvalue weighted by atomic mass is 16.7. The number of hydrogen-bond acceptors (Lipinski definition) is 9. The van der Waals surface area contributed by atoms with Crippen LogP contribution in [0.5, 0.6) is 11.5 Å². The minimum Gasteiger partial charge on any atom is -0.468 e. The van der Waals surface area contributed by atoms with Crippen molar-refractivity contribution in [3.63, 3.8) is 0 Å². The lowest BCUT2D eigenvalue weighted by Gasteiger charge is -2.39. The first kappa shape index (κ1) is 34.4. The van der Waals surface area contributed by atoms with Gasteiger partial charge in [0.2, 0.25) is 5.78 Å². The molecule has 2 amide bonds. The average Bonchev–Trinajstić information content (AvgIpc) is 3.29. The summed E-state index contributed by atoms with van der Waals surface area (Å²) >= 11 is 0. The molecule has 2 N–H and O–H groups in total. The number of esters is 1. The Hall–Kier alpha value is -4.94. The van der Waals surface area contributed by atoms with Gasteiger partial charge >= 0.3 is 12.1 Å². The topological polar surface area (TPSA) is 150 Å². The van der Waals surface area contributed by atoms with E-state index in [1.54, 1.807) is 48.5 Å². The van der Waals surface area contributed by atoms with E-state index in [2.05, 4.69) is 5.32 Å². The van der Waals surface area contributed by atoms with Gasteiger partial charge in [-0.25, -0.2) is 9.59 Å². The first-order chi connectivity index (χ1) is 23.3. The van der Waals surface area contributed by atoms with Gasteiger partial charge < -0.3 is 39.0 Å². The number of ketones is 1. The van der Waals surface area contributed by atoms with E-state index >= 15 is 4.79 Å². The van der Waals surface area contributed by atoms with Crippen molar-refractivity contribution >= 4 is 23.8 Å². The van der Waals surface area contributed by atoms with Gasteiger partial charge in [-0.1, -0.05) is 18.2 Å². The summed E-state index contributed by atoms with van der Waals surface area (Å²) in [5.74, 6) is -1.26. The number of rotatable bonds is 12. The van der Waals surface area contributed by atoms with Crippen LogP contribution in [0.4, 0.5) is 4.79 Å². The van der Waals surface area contributed by atoms with E-state index in [4.69, 9.17) is 23.7 Å². The molecule has 2 atom stereocenters. The molecule has 1 aliphatic carbocycles. The molecule has 254 valence electrons.